The molecule has 2 heterocycles. The van der Waals surface area contributed by atoms with E-state index in [2.05, 4.69) is 12.1 Å². The van der Waals surface area contributed by atoms with Gasteiger partial charge in [0.05, 0.1) is 49.2 Å². The van der Waals surface area contributed by atoms with Gasteiger partial charge in [0.1, 0.15) is 0 Å². The van der Waals surface area contributed by atoms with Crippen molar-refractivity contribution in [2.45, 2.75) is 32.8 Å². The number of carbonyl (C=O) groups excluding carboxylic acids is 2. The van der Waals surface area contributed by atoms with Crippen LogP contribution in [0.4, 0.5) is 0 Å². The maximum absolute atomic E-state index is 12.9. The summed E-state index contributed by atoms with van der Waals surface area (Å²) < 4.78 is 3.59. The van der Waals surface area contributed by atoms with Crippen LogP contribution in [0.3, 0.4) is 0 Å². The van der Waals surface area contributed by atoms with Crippen molar-refractivity contribution in [2.24, 2.45) is 0 Å². The third kappa shape index (κ3) is 7.75. The molecule has 0 bridgehead atoms. The van der Waals surface area contributed by atoms with Crippen molar-refractivity contribution in [3.63, 3.8) is 0 Å². The zero-order valence-corrected chi connectivity index (χ0v) is 32.8. The SMILES string of the molecule is CN1C(=O)c2cccc3cccc(c23)[S+]1c1ccccc1CO.CN1C(=O)c2cccc3cccc(c23)[S+]1c1ccccc1CO.[Cl][Cu-2]([Cl])([Cl])[Cl]. The van der Waals surface area contributed by atoms with E-state index in [9.17, 15) is 19.8 Å². The van der Waals surface area contributed by atoms with Gasteiger partial charge < -0.3 is 10.2 Å². The van der Waals surface area contributed by atoms with E-state index in [4.69, 9.17) is 40.4 Å². The van der Waals surface area contributed by atoms with Crippen molar-refractivity contribution in [1.82, 2.24) is 8.61 Å². The molecule has 6 aromatic rings. The van der Waals surface area contributed by atoms with Crippen LogP contribution in [-0.4, -0.2) is 44.7 Å². The van der Waals surface area contributed by atoms with Crippen molar-refractivity contribution in [3.05, 3.63) is 144 Å². The number of halogens is 4. The number of benzene rings is 6. The van der Waals surface area contributed by atoms with E-state index in [1.807, 2.05) is 123 Å². The molecular formula is C38H32Cl4CuN2O4S2. The Morgan fingerprint density at radius 3 is 1.18 bits per heavy atom. The summed E-state index contributed by atoms with van der Waals surface area (Å²) in [5.41, 5.74) is 3.25. The van der Waals surface area contributed by atoms with E-state index in [-0.39, 0.29) is 25.0 Å². The van der Waals surface area contributed by atoms with E-state index < -0.39 is 31.4 Å². The predicted octanol–water partition coefficient (Wildman–Crippen LogP) is 9.49. The van der Waals surface area contributed by atoms with Crippen molar-refractivity contribution in [3.8, 4) is 0 Å². The number of carbonyl (C=O) groups is 2. The van der Waals surface area contributed by atoms with E-state index in [1.165, 1.54) is 0 Å². The van der Waals surface area contributed by atoms with Crippen molar-refractivity contribution >= 4 is 95.9 Å². The Morgan fingerprint density at radius 1 is 0.510 bits per heavy atom. The van der Waals surface area contributed by atoms with Gasteiger partial charge in [0.2, 0.25) is 0 Å². The van der Waals surface area contributed by atoms with Gasteiger partial charge in [0.25, 0.3) is 11.8 Å². The van der Waals surface area contributed by atoms with Crippen LogP contribution < -0.4 is 0 Å². The number of aliphatic hydroxyl groups excluding tert-OH is 2. The van der Waals surface area contributed by atoms with Crippen LogP contribution in [0.15, 0.2) is 141 Å². The summed E-state index contributed by atoms with van der Waals surface area (Å²) in [6.07, 6.45) is 0. The Hall–Kier alpha value is -2.92. The molecule has 51 heavy (non-hydrogen) atoms. The van der Waals surface area contributed by atoms with Crippen LogP contribution in [-0.2, 0) is 44.6 Å². The third-order valence-electron chi connectivity index (χ3n) is 8.43. The van der Waals surface area contributed by atoms with Gasteiger partial charge in [-0.25, -0.2) is 0 Å². The summed E-state index contributed by atoms with van der Waals surface area (Å²) >= 11 is -1.04. The summed E-state index contributed by atoms with van der Waals surface area (Å²) in [5, 5.41) is 23.6. The molecule has 2 amide bonds. The molecule has 2 aliphatic rings. The molecule has 6 aromatic carbocycles. The molecule has 0 spiro atoms. The zero-order chi connectivity index (χ0) is 36.4. The quantitative estimate of drug-likeness (QED) is 0.137. The molecule has 0 saturated heterocycles. The number of amides is 2. The number of rotatable bonds is 4. The van der Waals surface area contributed by atoms with Crippen molar-refractivity contribution < 1.29 is 29.0 Å². The van der Waals surface area contributed by atoms with Crippen LogP contribution >= 0.6 is 40.4 Å². The first kappa shape index (κ1) is 37.8. The van der Waals surface area contributed by atoms with Gasteiger partial charge in [-0.15, -0.1) is 8.61 Å². The van der Waals surface area contributed by atoms with Gasteiger partial charge in [-0.1, -0.05) is 84.9 Å². The summed E-state index contributed by atoms with van der Waals surface area (Å²) in [4.78, 5) is 30.0. The Bertz CT molecular complexity index is 2100. The maximum atomic E-state index is 12.9. The summed E-state index contributed by atoms with van der Waals surface area (Å²) in [5.74, 6) is 0.0655. The Kier molecular flexibility index (Phi) is 11.9. The first-order valence-corrected chi connectivity index (χ1v) is 22.9. The minimum absolute atomic E-state index is 0.0284. The molecule has 0 radical (unpaired) electrons. The van der Waals surface area contributed by atoms with Gasteiger partial charge in [0, 0.05) is 11.1 Å². The number of aliphatic hydroxyl groups is 2. The van der Waals surface area contributed by atoms with Crippen LogP contribution in [0.25, 0.3) is 21.5 Å². The summed E-state index contributed by atoms with van der Waals surface area (Å²) in [6, 6.07) is 39.7. The number of hydrogen-bond acceptors (Lipinski definition) is 4. The van der Waals surface area contributed by atoms with Gasteiger partial charge >= 0.3 is 49.6 Å². The molecule has 0 aliphatic carbocycles. The van der Waals surface area contributed by atoms with E-state index in [0.29, 0.717) is 0 Å². The fourth-order valence-corrected chi connectivity index (χ4v) is 10.9. The predicted molar refractivity (Wildman–Crippen MR) is 208 cm³/mol. The van der Waals surface area contributed by atoms with Crippen molar-refractivity contribution in [2.75, 3.05) is 14.1 Å². The monoisotopic (exact) mass is 847 g/mol. The van der Waals surface area contributed by atoms with Crippen LogP contribution in [0.5, 0.6) is 0 Å². The minimum atomic E-state index is -2.24. The van der Waals surface area contributed by atoms with E-state index >= 15 is 0 Å². The van der Waals surface area contributed by atoms with Gasteiger partial charge in [0.15, 0.2) is 41.7 Å². The van der Waals surface area contributed by atoms with Gasteiger partial charge in [-0.2, -0.15) is 0 Å². The standard InChI is InChI=1S/2C19H16NO2S.4ClH.Cu/c2*1-20-19(22)15-9-4-7-13-8-5-11-17(18(13)15)23(20)16-10-3-2-6-14(16)12-21;;;;;/h2*2-11,21H,12H2,1H3;4*1H;/q2*+1;;;;;+2/p-4. The second-order valence-corrected chi connectivity index (χ2v) is 24.6. The molecule has 0 saturated carbocycles. The van der Waals surface area contributed by atoms with Gasteiger partial charge in [-0.05, 0) is 47.2 Å². The molecule has 8 rings (SSSR count). The molecule has 0 aromatic heterocycles. The third-order valence-corrected chi connectivity index (χ3v) is 13.0. The fraction of sp³-hybridized carbons (Fsp3) is 0.105. The zero-order valence-electron chi connectivity index (χ0n) is 27.2. The van der Waals surface area contributed by atoms with Crippen LogP contribution in [0.2, 0.25) is 0 Å². The second-order valence-electron chi connectivity index (χ2n) is 11.3. The topological polar surface area (TPSA) is 81.1 Å². The average Bonchev–Trinajstić information content (AvgIpc) is 3.13. The number of nitrogens with zero attached hydrogens (tertiary/aromatic N) is 2. The molecule has 2 unspecified atom stereocenters. The number of hydrogen-bond donors (Lipinski definition) is 2. The summed E-state index contributed by atoms with van der Waals surface area (Å²) in [7, 11) is 21.1. The molecule has 2 atom stereocenters. The normalized spacial score (nSPS) is 16.7. The van der Waals surface area contributed by atoms with E-state index in [0.717, 1.165) is 63.4 Å². The molecule has 6 nitrogen and oxygen atoms in total. The average molecular weight is 850 g/mol. The Balaban J connectivity index is 0.000000156. The molecule has 2 aliphatic heterocycles. The first-order valence-electron chi connectivity index (χ1n) is 15.4. The molecule has 13 heteroatoms. The van der Waals surface area contributed by atoms with E-state index in [1.54, 1.807) is 8.61 Å². The molecule has 2 N–H and O–H groups in total. The Labute approximate surface area is 321 Å². The van der Waals surface area contributed by atoms with Crippen LogP contribution in [0, 0.1) is 0 Å². The summed E-state index contributed by atoms with van der Waals surface area (Å²) in [6.45, 7) is -0.0569. The Morgan fingerprint density at radius 2 is 0.824 bits per heavy atom. The second kappa shape index (κ2) is 16.0. The molecule has 0 fully saturated rings. The first-order chi connectivity index (χ1) is 24.4. The molecular weight excluding hydrogens is 818 g/mol. The fourth-order valence-electron chi connectivity index (χ4n) is 6.27. The molecule has 269 valence electrons. The van der Waals surface area contributed by atoms with Crippen molar-refractivity contribution in [1.29, 1.82) is 0 Å². The van der Waals surface area contributed by atoms with Gasteiger partial charge in [-0.3, -0.25) is 9.59 Å². The van der Waals surface area contributed by atoms with Crippen LogP contribution in [0.1, 0.15) is 31.8 Å².